The number of halogens is 1. The molecular weight excluding hydrogens is 250 g/mol. The molecule has 0 aromatic heterocycles. The molecule has 0 spiro atoms. The molecule has 1 unspecified atom stereocenters. The van der Waals surface area contributed by atoms with Gasteiger partial charge >= 0.3 is 0 Å². The summed E-state index contributed by atoms with van der Waals surface area (Å²) in [5, 5.41) is 9.94. The lowest BCUT2D eigenvalue weighted by Gasteiger charge is -2.17. The van der Waals surface area contributed by atoms with E-state index in [9.17, 15) is 5.11 Å². The molecule has 0 aromatic carbocycles. The highest BCUT2D eigenvalue weighted by molar-refractivity contribution is 9.09. The standard InChI is InChI=1S/C9H20BrNOS/c1-3-11(4-2)5-6-13-8-9(12)7-10/h9,12H,3-8H2,1-2H3. The van der Waals surface area contributed by atoms with Crippen molar-refractivity contribution in [1.29, 1.82) is 0 Å². The largest absolute Gasteiger partial charge is 0.391 e. The molecule has 0 bridgehead atoms. The Balaban J connectivity index is 3.23. The van der Waals surface area contributed by atoms with Crippen LogP contribution in [0.4, 0.5) is 0 Å². The van der Waals surface area contributed by atoms with Gasteiger partial charge in [-0.1, -0.05) is 29.8 Å². The molecular formula is C9H20BrNOS. The van der Waals surface area contributed by atoms with E-state index in [1.54, 1.807) is 0 Å². The highest BCUT2D eigenvalue weighted by atomic mass is 79.9. The molecule has 13 heavy (non-hydrogen) atoms. The Hall–Kier alpha value is 0.750. The van der Waals surface area contributed by atoms with Crippen molar-refractivity contribution >= 4 is 27.7 Å². The van der Waals surface area contributed by atoms with Crippen LogP contribution in [-0.2, 0) is 0 Å². The van der Waals surface area contributed by atoms with Crippen LogP contribution in [0.1, 0.15) is 13.8 Å². The van der Waals surface area contributed by atoms with E-state index in [0.717, 1.165) is 31.1 Å². The van der Waals surface area contributed by atoms with Gasteiger partial charge in [0.1, 0.15) is 0 Å². The third kappa shape index (κ3) is 7.79. The summed E-state index contributed by atoms with van der Waals surface area (Å²) in [7, 11) is 0. The van der Waals surface area contributed by atoms with Crippen molar-refractivity contribution in [2.75, 3.05) is 36.5 Å². The normalized spacial score (nSPS) is 13.6. The van der Waals surface area contributed by atoms with Crippen LogP contribution >= 0.6 is 27.7 Å². The van der Waals surface area contributed by atoms with Crippen molar-refractivity contribution in [3.05, 3.63) is 0 Å². The van der Waals surface area contributed by atoms with Crippen LogP contribution in [0.2, 0.25) is 0 Å². The fourth-order valence-electron chi connectivity index (χ4n) is 0.997. The molecule has 0 aliphatic rings. The molecule has 0 heterocycles. The van der Waals surface area contributed by atoms with Crippen molar-refractivity contribution in [2.24, 2.45) is 0 Å². The average Bonchev–Trinajstić information content (AvgIpc) is 2.18. The van der Waals surface area contributed by atoms with E-state index >= 15 is 0 Å². The summed E-state index contributed by atoms with van der Waals surface area (Å²) in [5.41, 5.74) is 0. The third-order valence-corrected chi connectivity index (χ3v) is 3.77. The second-order valence-electron chi connectivity index (χ2n) is 2.91. The number of hydrogen-bond acceptors (Lipinski definition) is 3. The molecule has 0 radical (unpaired) electrons. The van der Waals surface area contributed by atoms with Gasteiger partial charge in [-0.15, -0.1) is 0 Å². The molecule has 0 fully saturated rings. The molecule has 0 rings (SSSR count). The SMILES string of the molecule is CCN(CC)CCSCC(O)CBr. The molecule has 0 aromatic rings. The Kier molecular flexibility index (Phi) is 9.85. The molecule has 4 heteroatoms. The van der Waals surface area contributed by atoms with Gasteiger partial charge in [-0.05, 0) is 13.1 Å². The first kappa shape index (κ1) is 13.8. The summed E-state index contributed by atoms with van der Waals surface area (Å²) in [4.78, 5) is 2.40. The minimum absolute atomic E-state index is 0.193. The zero-order valence-electron chi connectivity index (χ0n) is 8.50. The second kappa shape index (κ2) is 9.31. The predicted molar refractivity (Wildman–Crippen MR) is 64.9 cm³/mol. The predicted octanol–water partition coefficient (Wildman–Crippen LogP) is 1.82. The van der Waals surface area contributed by atoms with Crippen LogP contribution in [0.25, 0.3) is 0 Å². The second-order valence-corrected chi connectivity index (χ2v) is 4.71. The Morgan fingerprint density at radius 1 is 1.38 bits per heavy atom. The van der Waals surface area contributed by atoms with Gasteiger partial charge in [0.25, 0.3) is 0 Å². The quantitative estimate of drug-likeness (QED) is 0.537. The fraction of sp³-hybridized carbons (Fsp3) is 1.00. The number of nitrogens with zero attached hydrogens (tertiary/aromatic N) is 1. The molecule has 2 nitrogen and oxygen atoms in total. The maximum Gasteiger partial charge on any atom is 0.0727 e. The van der Waals surface area contributed by atoms with Gasteiger partial charge in [0.2, 0.25) is 0 Å². The topological polar surface area (TPSA) is 23.5 Å². The number of hydrogen-bond donors (Lipinski definition) is 1. The van der Waals surface area contributed by atoms with Crippen LogP contribution in [0.15, 0.2) is 0 Å². The van der Waals surface area contributed by atoms with Crippen molar-refractivity contribution in [3.8, 4) is 0 Å². The van der Waals surface area contributed by atoms with Crippen LogP contribution in [0.3, 0.4) is 0 Å². The first-order valence-corrected chi connectivity index (χ1v) is 7.06. The number of thioether (sulfide) groups is 1. The van der Waals surface area contributed by atoms with Gasteiger partial charge in [0.05, 0.1) is 6.10 Å². The number of aliphatic hydroxyl groups is 1. The average molecular weight is 270 g/mol. The molecule has 0 saturated heterocycles. The smallest absolute Gasteiger partial charge is 0.0727 e. The summed E-state index contributed by atoms with van der Waals surface area (Å²) in [6.07, 6.45) is -0.193. The minimum Gasteiger partial charge on any atom is -0.391 e. The number of rotatable bonds is 8. The van der Waals surface area contributed by atoms with Gasteiger partial charge in [0, 0.05) is 23.4 Å². The van der Waals surface area contributed by atoms with E-state index in [-0.39, 0.29) is 6.10 Å². The van der Waals surface area contributed by atoms with Gasteiger partial charge in [-0.2, -0.15) is 11.8 Å². The zero-order chi connectivity index (χ0) is 10.1. The van der Waals surface area contributed by atoms with E-state index in [0.29, 0.717) is 5.33 Å². The molecule has 0 amide bonds. The van der Waals surface area contributed by atoms with Crippen LogP contribution in [-0.4, -0.2) is 52.6 Å². The lowest BCUT2D eigenvalue weighted by molar-refractivity contribution is 0.226. The highest BCUT2D eigenvalue weighted by Crippen LogP contribution is 2.05. The maximum absolute atomic E-state index is 9.26. The molecule has 80 valence electrons. The summed E-state index contributed by atoms with van der Waals surface area (Å²) in [5.74, 6) is 1.96. The van der Waals surface area contributed by atoms with E-state index in [4.69, 9.17) is 0 Å². The molecule has 1 atom stereocenters. The summed E-state index contributed by atoms with van der Waals surface area (Å²) < 4.78 is 0. The first-order chi connectivity index (χ1) is 6.24. The molecule has 0 saturated carbocycles. The van der Waals surface area contributed by atoms with Gasteiger partial charge in [-0.3, -0.25) is 0 Å². The van der Waals surface area contributed by atoms with Crippen molar-refractivity contribution in [2.45, 2.75) is 20.0 Å². The highest BCUT2D eigenvalue weighted by Gasteiger charge is 2.02. The minimum atomic E-state index is -0.193. The summed E-state index contributed by atoms with van der Waals surface area (Å²) >= 11 is 5.07. The Labute approximate surface area is 94.2 Å². The van der Waals surface area contributed by atoms with E-state index < -0.39 is 0 Å². The molecule has 0 aliphatic carbocycles. The van der Waals surface area contributed by atoms with Gasteiger partial charge in [0.15, 0.2) is 0 Å². The lowest BCUT2D eigenvalue weighted by atomic mass is 10.5. The van der Waals surface area contributed by atoms with Crippen LogP contribution < -0.4 is 0 Å². The number of aliphatic hydroxyl groups excluding tert-OH is 1. The van der Waals surface area contributed by atoms with E-state index in [1.807, 2.05) is 11.8 Å². The molecule has 1 N–H and O–H groups in total. The fourth-order valence-corrected chi connectivity index (χ4v) is 2.47. The molecule has 0 aliphatic heterocycles. The maximum atomic E-state index is 9.26. The van der Waals surface area contributed by atoms with Crippen molar-refractivity contribution < 1.29 is 5.11 Å². The monoisotopic (exact) mass is 269 g/mol. The third-order valence-electron chi connectivity index (χ3n) is 1.93. The van der Waals surface area contributed by atoms with Gasteiger partial charge < -0.3 is 10.0 Å². The summed E-state index contributed by atoms with van der Waals surface area (Å²) in [6, 6.07) is 0. The van der Waals surface area contributed by atoms with Gasteiger partial charge in [-0.25, -0.2) is 0 Å². The van der Waals surface area contributed by atoms with Crippen LogP contribution in [0.5, 0.6) is 0 Å². The first-order valence-electron chi connectivity index (χ1n) is 4.78. The van der Waals surface area contributed by atoms with Crippen molar-refractivity contribution in [3.63, 3.8) is 0 Å². The Bertz CT molecular complexity index is 112. The number of alkyl halides is 1. The van der Waals surface area contributed by atoms with Crippen LogP contribution in [0, 0.1) is 0 Å². The van der Waals surface area contributed by atoms with E-state index in [1.165, 1.54) is 0 Å². The zero-order valence-corrected chi connectivity index (χ0v) is 10.9. The van der Waals surface area contributed by atoms with E-state index in [2.05, 4.69) is 34.7 Å². The Morgan fingerprint density at radius 3 is 2.46 bits per heavy atom. The summed E-state index contributed by atoms with van der Waals surface area (Å²) in [6.45, 7) is 7.74. The lowest BCUT2D eigenvalue weighted by Crippen LogP contribution is -2.25. The Morgan fingerprint density at radius 2 is 2.00 bits per heavy atom. The van der Waals surface area contributed by atoms with Crippen molar-refractivity contribution in [1.82, 2.24) is 4.90 Å².